The molecule has 2 aromatic carbocycles. The molecule has 5 nitrogen and oxygen atoms in total. The molecule has 1 aromatic heterocycles. The van der Waals surface area contributed by atoms with Crippen LogP contribution in [0.2, 0.25) is 0 Å². The topological polar surface area (TPSA) is 57.7 Å². The van der Waals surface area contributed by atoms with E-state index in [0.29, 0.717) is 36.0 Å². The molecule has 5 rings (SSSR count). The van der Waals surface area contributed by atoms with Gasteiger partial charge in [-0.2, -0.15) is 0 Å². The van der Waals surface area contributed by atoms with Crippen LogP contribution in [0.3, 0.4) is 0 Å². The van der Waals surface area contributed by atoms with Crippen LogP contribution in [0.5, 0.6) is 5.88 Å². The molecule has 0 spiro atoms. The van der Waals surface area contributed by atoms with Crippen molar-refractivity contribution in [1.29, 1.82) is 0 Å². The largest absolute Gasteiger partial charge is 0.481 e. The number of carbonyl (C=O) groups is 1. The molecule has 1 saturated carbocycles. The number of hydrogen-bond acceptors (Lipinski definition) is 5. The average Bonchev–Trinajstić information content (AvgIpc) is 3.73. The Labute approximate surface area is 204 Å². The number of benzene rings is 2. The summed E-state index contributed by atoms with van der Waals surface area (Å²) in [5.41, 5.74) is 7.10. The Morgan fingerprint density at radius 2 is 1.83 bits per heavy atom. The molecule has 6 heteroatoms. The number of rotatable bonds is 6. The molecular weight excluding hydrogens is 445 g/mol. The van der Waals surface area contributed by atoms with E-state index in [0.717, 1.165) is 46.2 Å². The van der Waals surface area contributed by atoms with Crippen molar-refractivity contribution in [3.63, 3.8) is 0 Å². The highest BCUT2D eigenvalue weighted by molar-refractivity contribution is 5.98. The van der Waals surface area contributed by atoms with E-state index in [1.54, 1.807) is 25.4 Å². The van der Waals surface area contributed by atoms with E-state index in [1.165, 1.54) is 13.2 Å². The molecule has 2 aliphatic rings. The number of pyridine rings is 1. The minimum absolute atomic E-state index is 0.292. The number of aromatic nitrogens is 1. The molecule has 1 unspecified atom stereocenters. The second-order valence-corrected chi connectivity index (χ2v) is 9.11. The van der Waals surface area contributed by atoms with Crippen LogP contribution in [0.4, 0.5) is 4.39 Å². The van der Waals surface area contributed by atoms with Crippen LogP contribution < -0.4 is 4.74 Å². The Bertz CT molecular complexity index is 1310. The molecule has 35 heavy (non-hydrogen) atoms. The third-order valence-corrected chi connectivity index (χ3v) is 6.87. The summed E-state index contributed by atoms with van der Waals surface area (Å²) in [6, 6.07) is 15.1. The van der Waals surface area contributed by atoms with Gasteiger partial charge in [0.15, 0.2) is 0 Å². The number of halogens is 1. The molecule has 2 heterocycles. The first-order valence-corrected chi connectivity index (χ1v) is 11.8. The Morgan fingerprint density at radius 1 is 1.03 bits per heavy atom. The smallest absolute Gasteiger partial charge is 0.333 e. The fourth-order valence-corrected chi connectivity index (χ4v) is 4.83. The number of fused-ring (bicyclic) bond motifs is 1. The number of allylic oxidation sites excluding steroid dienone is 1. The lowest BCUT2D eigenvalue weighted by atomic mass is 9.89. The Morgan fingerprint density at radius 3 is 2.54 bits per heavy atom. The number of ether oxygens (including phenoxy) is 3. The first kappa shape index (κ1) is 23.2. The van der Waals surface area contributed by atoms with Gasteiger partial charge in [0.05, 0.1) is 26.9 Å². The van der Waals surface area contributed by atoms with Gasteiger partial charge in [0.1, 0.15) is 5.82 Å². The maximum Gasteiger partial charge on any atom is 0.333 e. The van der Waals surface area contributed by atoms with Crippen LogP contribution >= 0.6 is 0 Å². The van der Waals surface area contributed by atoms with E-state index in [2.05, 4.69) is 23.2 Å². The van der Waals surface area contributed by atoms with Gasteiger partial charge in [-0.05, 0) is 71.2 Å². The van der Waals surface area contributed by atoms with Gasteiger partial charge in [-0.15, -0.1) is 0 Å². The normalized spacial score (nSPS) is 17.9. The first-order chi connectivity index (χ1) is 17.0. The van der Waals surface area contributed by atoms with Crippen LogP contribution in [0, 0.1) is 11.7 Å². The summed E-state index contributed by atoms with van der Waals surface area (Å²) in [5, 5.41) is 0. The van der Waals surface area contributed by atoms with E-state index < -0.39 is 0 Å². The first-order valence-electron chi connectivity index (χ1n) is 11.8. The maximum atomic E-state index is 15.2. The predicted octanol–water partition coefficient (Wildman–Crippen LogP) is 6.07. The van der Waals surface area contributed by atoms with Gasteiger partial charge < -0.3 is 14.2 Å². The van der Waals surface area contributed by atoms with Crippen LogP contribution in [-0.4, -0.2) is 25.2 Å². The summed E-state index contributed by atoms with van der Waals surface area (Å²) in [4.78, 5) is 16.3. The summed E-state index contributed by atoms with van der Waals surface area (Å²) in [6.07, 6.45) is 3.98. The standard InChI is InChI=1S/C29H28FNO4/c1-17(29(32)34-3)28(18-4-5-18)21-6-7-22-16-35-26(14-23(22)12-21)24-9-8-19(13-25(24)30)20-10-11-31-27(15-20)33-2/h6-13,15,18,26H,4-5,14,16H2,1-3H3/b28-17-. The van der Waals surface area contributed by atoms with Crippen LogP contribution in [0.25, 0.3) is 16.7 Å². The summed E-state index contributed by atoms with van der Waals surface area (Å²) in [6.45, 7) is 2.25. The van der Waals surface area contributed by atoms with Crippen molar-refractivity contribution in [3.05, 3.63) is 88.4 Å². The van der Waals surface area contributed by atoms with E-state index in [1.807, 2.05) is 19.1 Å². The second-order valence-electron chi connectivity index (χ2n) is 9.11. The lowest BCUT2D eigenvalue weighted by Crippen LogP contribution is -2.17. The van der Waals surface area contributed by atoms with Gasteiger partial charge in [-0.25, -0.2) is 14.2 Å². The lowest BCUT2D eigenvalue weighted by molar-refractivity contribution is -0.135. The molecule has 1 atom stereocenters. The third kappa shape index (κ3) is 4.71. The molecule has 3 aromatic rings. The minimum Gasteiger partial charge on any atom is -0.481 e. The monoisotopic (exact) mass is 473 g/mol. The highest BCUT2D eigenvalue weighted by Crippen LogP contribution is 2.45. The van der Waals surface area contributed by atoms with Gasteiger partial charge in [0.2, 0.25) is 5.88 Å². The van der Waals surface area contributed by atoms with Crippen molar-refractivity contribution in [3.8, 4) is 17.0 Å². The van der Waals surface area contributed by atoms with Crippen molar-refractivity contribution in [1.82, 2.24) is 4.98 Å². The molecule has 180 valence electrons. The van der Waals surface area contributed by atoms with Gasteiger partial charge >= 0.3 is 5.97 Å². The molecule has 1 aliphatic carbocycles. The van der Waals surface area contributed by atoms with Gasteiger partial charge in [0.25, 0.3) is 0 Å². The zero-order chi connectivity index (χ0) is 24.5. The highest BCUT2D eigenvalue weighted by atomic mass is 19.1. The Hall–Kier alpha value is -3.51. The summed E-state index contributed by atoms with van der Waals surface area (Å²) in [5.74, 6) is 0.277. The number of nitrogens with zero attached hydrogens (tertiary/aromatic N) is 1. The molecule has 1 aliphatic heterocycles. The third-order valence-electron chi connectivity index (χ3n) is 6.87. The second kappa shape index (κ2) is 9.62. The molecular formula is C29H28FNO4. The Kier molecular flexibility index (Phi) is 6.39. The zero-order valence-electron chi connectivity index (χ0n) is 20.1. The summed E-state index contributed by atoms with van der Waals surface area (Å²) >= 11 is 0. The number of methoxy groups -OCH3 is 2. The van der Waals surface area contributed by atoms with E-state index in [9.17, 15) is 4.79 Å². The van der Waals surface area contributed by atoms with Crippen LogP contribution in [0.1, 0.15) is 48.1 Å². The fourth-order valence-electron chi connectivity index (χ4n) is 4.83. The van der Waals surface area contributed by atoms with Crippen LogP contribution in [0.15, 0.2) is 60.3 Å². The highest BCUT2D eigenvalue weighted by Gasteiger charge is 2.31. The van der Waals surface area contributed by atoms with Crippen molar-refractivity contribution >= 4 is 11.5 Å². The predicted molar refractivity (Wildman–Crippen MR) is 131 cm³/mol. The molecule has 0 radical (unpaired) electrons. The molecule has 0 saturated heterocycles. The lowest BCUT2D eigenvalue weighted by Gasteiger charge is -2.27. The molecule has 0 amide bonds. The number of carbonyl (C=O) groups excluding carboxylic acids is 1. The average molecular weight is 474 g/mol. The Balaban J connectivity index is 1.42. The molecule has 1 fully saturated rings. The maximum absolute atomic E-state index is 15.2. The number of hydrogen-bond donors (Lipinski definition) is 0. The van der Waals surface area contributed by atoms with E-state index in [4.69, 9.17) is 14.2 Å². The van der Waals surface area contributed by atoms with Gasteiger partial charge in [-0.3, -0.25) is 0 Å². The molecule has 0 N–H and O–H groups in total. The minimum atomic E-state index is -0.381. The van der Waals surface area contributed by atoms with Crippen LogP contribution in [-0.2, 0) is 27.3 Å². The van der Waals surface area contributed by atoms with E-state index >= 15 is 4.39 Å². The van der Waals surface area contributed by atoms with Crippen molar-refractivity contribution in [2.75, 3.05) is 14.2 Å². The fraction of sp³-hybridized carbons (Fsp3) is 0.310. The molecule has 0 bridgehead atoms. The van der Waals surface area contributed by atoms with Gasteiger partial charge in [0, 0.05) is 29.8 Å². The quantitative estimate of drug-likeness (QED) is 0.321. The van der Waals surface area contributed by atoms with Crippen molar-refractivity contribution < 1.29 is 23.4 Å². The number of esters is 1. The van der Waals surface area contributed by atoms with Gasteiger partial charge in [-0.1, -0.05) is 30.3 Å². The zero-order valence-corrected chi connectivity index (χ0v) is 20.1. The van der Waals surface area contributed by atoms with Crippen molar-refractivity contribution in [2.45, 2.75) is 38.9 Å². The van der Waals surface area contributed by atoms with E-state index in [-0.39, 0.29) is 17.9 Å². The van der Waals surface area contributed by atoms with Crippen molar-refractivity contribution in [2.24, 2.45) is 5.92 Å². The SMILES string of the molecule is COC(=O)/C(C)=C(\c1ccc2c(c1)CC(c1ccc(-c3ccnc(OC)c3)cc1F)OC2)C1CC1. The summed E-state index contributed by atoms with van der Waals surface area (Å²) in [7, 11) is 2.97. The summed E-state index contributed by atoms with van der Waals surface area (Å²) < 4.78 is 31.5.